The molecule has 4 heteroatoms. The predicted molar refractivity (Wildman–Crippen MR) is 96.6 cm³/mol. The zero-order valence-electron chi connectivity index (χ0n) is 13.0. The highest BCUT2D eigenvalue weighted by Crippen LogP contribution is 2.31. The van der Waals surface area contributed by atoms with Gasteiger partial charge in [-0.1, -0.05) is 35.7 Å². The van der Waals surface area contributed by atoms with E-state index in [2.05, 4.69) is 46.0 Å². The Balaban J connectivity index is 1.96. The van der Waals surface area contributed by atoms with E-state index < -0.39 is 0 Å². The van der Waals surface area contributed by atoms with Crippen molar-refractivity contribution >= 4 is 27.7 Å². The van der Waals surface area contributed by atoms with E-state index in [0.717, 1.165) is 28.4 Å². The number of thioether (sulfide) groups is 1. The van der Waals surface area contributed by atoms with Gasteiger partial charge >= 0.3 is 0 Å². The summed E-state index contributed by atoms with van der Waals surface area (Å²) in [5, 5.41) is 4.52. The van der Waals surface area contributed by atoms with Gasteiger partial charge in [0.2, 0.25) is 0 Å². The molecule has 0 bridgehead atoms. The first kappa shape index (κ1) is 17.2. The summed E-state index contributed by atoms with van der Waals surface area (Å²) >= 11 is 5.72. The number of hydrogen-bond acceptors (Lipinski definition) is 3. The van der Waals surface area contributed by atoms with Gasteiger partial charge in [0.05, 0.1) is 7.11 Å². The monoisotopic (exact) mass is 371 g/mol. The summed E-state index contributed by atoms with van der Waals surface area (Å²) in [7, 11) is 1.75. The van der Waals surface area contributed by atoms with Crippen LogP contribution in [-0.2, 0) is 6.42 Å². The molecule has 0 spiro atoms. The molecule has 1 fully saturated rings. The zero-order valence-corrected chi connectivity index (χ0v) is 15.4. The van der Waals surface area contributed by atoms with E-state index in [4.69, 9.17) is 4.74 Å². The lowest BCUT2D eigenvalue weighted by atomic mass is 10.1. The fourth-order valence-corrected chi connectivity index (χ4v) is 4.77. The summed E-state index contributed by atoms with van der Waals surface area (Å²) in [5.74, 6) is 2.18. The van der Waals surface area contributed by atoms with Gasteiger partial charge in [-0.2, -0.15) is 11.8 Å². The SMILES string of the molecule is CCNC(CSC1CCCC1)Cc1cc(Br)ccc1OC. The van der Waals surface area contributed by atoms with Crippen LogP contribution in [0.15, 0.2) is 22.7 Å². The number of benzene rings is 1. The van der Waals surface area contributed by atoms with Gasteiger partial charge in [0.25, 0.3) is 0 Å². The van der Waals surface area contributed by atoms with E-state index in [1.54, 1.807) is 7.11 Å². The molecule has 21 heavy (non-hydrogen) atoms. The summed E-state index contributed by atoms with van der Waals surface area (Å²) in [5.41, 5.74) is 1.28. The first-order valence-electron chi connectivity index (χ1n) is 7.90. The zero-order chi connectivity index (χ0) is 15.1. The van der Waals surface area contributed by atoms with Crippen molar-refractivity contribution < 1.29 is 4.74 Å². The number of likely N-dealkylation sites (N-methyl/N-ethyl adjacent to an activating group) is 1. The Morgan fingerprint density at radius 1 is 1.38 bits per heavy atom. The van der Waals surface area contributed by atoms with Gasteiger partial charge in [-0.15, -0.1) is 0 Å². The molecule has 1 unspecified atom stereocenters. The molecule has 0 aromatic heterocycles. The van der Waals surface area contributed by atoms with Crippen LogP contribution in [0.3, 0.4) is 0 Å². The van der Waals surface area contributed by atoms with Crippen LogP contribution in [0.2, 0.25) is 0 Å². The average molecular weight is 372 g/mol. The largest absolute Gasteiger partial charge is 0.496 e. The Morgan fingerprint density at radius 2 is 2.14 bits per heavy atom. The van der Waals surface area contributed by atoms with Gasteiger partial charge in [-0.3, -0.25) is 0 Å². The molecule has 0 aliphatic heterocycles. The molecule has 2 rings (SSSR count). The Bertz CT molecular complexity index is 435. The van der Waals surface area contributed by atoms with E-state index in [-0.39, 0.29) is 0 Å². The van der Waals surface area contributed by atoms with Gasteiger partial charge in [-0.25, -0.2) is 0 Å². The third kappa shape index (κ3) is 5.50. The van der Waals surface area contributed by atoms with Crippen LogP contribution in [0.25, 0.3) is 0 Å². The summed E-state index contributed by atoms with van der Waals surface area (Å²) in [6.07, 6.45) is 6.68. The van der Waals surface area contributed by atoms with Gasteiger partial charge in [0, 0.05) is 21.5 Å². The van der Waals surface area contributed by atoms with Crippen LogP contribution in [0, 0.1) is 0 Å². The molecular formula is C17H26BrNOS. The Labute approximate surface area is 141 Å². The molecule has 1 atom stereocenters. The topological polar surface area (TPSA) is 21.3 Å². The fourth-order valence-electron chi connectivity index (χ4n) is 2.96. The maximum atomic E-state index is 5.50. The van der Waals surface area contributed by atoms with Crippen molar-refractivity contribution in [3.63, 3.8) is 0 Å². The molecule has 2 nitrogen and oxygen atoms in total. The van der Waals surface area contributed by atoms with Gasteiger partial charge in [-0.05, 0) is 49.6 Å². The van der Waals surface area contributed by atoms with Gasteiger partial charge in [0.1, 0.15) is 5.75 Å². The van der Waals surface area contributed by atoms with E-state index in [1.165, 1.54) is 37.0 Å². The van der Waals surface area contributed by atoms with Crippen molar-refractivity contribution in [1.82, 2.24) is 5.32 Å². The van der Waals surface area contributed by atoms with Crippen LogP contribution < -0.4 is 10.1 Å². The van der Waals surface area contributed by atoms with Crippen molar-refractivity contribution in [2.75, 3.05) is 19.4 Å². The molecule has 1 aliphatic rings. The average Bonchev–Trinajstić information content (AvgIpc) is 2.98. The highest BCUT2D eigenvalue weighted by Gasteiger charge is 2.18. The van der Waals surface area contributed by atoms with Crippen LogP contribution in [0.5, 0.6) is 5.75 Å². The summed E-state index contributed by atoms with van der Waals surface area (Å²) in [6.45, 7) is 3.21. The minimum atomic E-state index is 0.517. The lowest BCUT2D eigenvalue weighted by Gasteiger charge is -2.21. The highest BCUT2D eigenvalue weighted by atomic mass is 79.9. The molecule has 0 heterocycles. The number of ether oxygens (including phenoxy) is 1. The quantitative estimate of drug-likeness (QED) is 0.718. The summed E-state index contributed by atoms with van der Waals surface area (Å²) < 4.78 is 6.62. The maximum absolute atomic E-state index is 5.50. The first-order chi connectivity index (χ1) is 10.2. The number of rotatable bonds is 8. The van der Waals surface area contributed by atoms with Gasteiger partial charge < -0.3 is 10.1 Å². The summed E-state index contributed by atoms with van der Waals surface area (Å²) in [4.78, 5) is 0. The highest BCUT2D eigenvalue weighted by molar-refractivity contribution is 9.10. The first-order valence-corrected chi connectivity index (χ1v) is 9.74. The second-order valence-corrected chi connectivity index (χ2v) is 7.90. The van der Waals surface area contributed by atoms with Crippen LogP contribution in [0.4, 0.5) is 0 Å². The number of hydrogen-bond donors (Lipinski definition) is 1. The Morgan fingerprint density at radius 3 is 2.81 bits per heavy atom. The van der Waals surface area contributed by atoms with Crippen molar-refractivity contribution in [3.8, 4) is 5.75 Å². The second kappa shape index (κ2) is 9.06. The maximum Gasteiger partial charge on any atom is 0.122 e. The van der Waals surface area contributed by atoms with Crippen molar-refractivity contribution in [3.05, 3.63) is 28.2 Å². The van der Waals surface area contributed by atoms with Crippen molar-refractivity contribution in [1.29, 1.82) is 0 Å². The molecule has 1 aromatic carbocycles. The van der Waals surface area contributed by atoms with Crippen LogP contribution in [-0.4, -0.2) is 30.7 Å². The lowest BCUT2D eigenvalue weighted by Crippen LogP contribution is -2.34. The molecule has 0 radical (unpaired) electrons. The molecular weight excluding hydrogens is 346 g/mol. The Kier molecular flexibility index (Phi) is 7.41. The smallest absolute Gasteiger partial charge is 0.122 e. The standard InChI is InChI=1S/C17H26BrNOS/c1-3-19-15(12-21-16-6-4-5-7-16)11-13-10-14(18)8-9-17(13)20-2/h8-10,15-16,19H,3-7,11-12H2,1-2H3. The molecule has 1 aromatic rings. The van der Waals surface area contributed by atoms with E-state index in [0.29, 0.717) is 6.04 Å². The predicted octanol–water partition coefficient (Wildman–Crippen LogP) is 4.65. The van der Waals surface area contributed by atoms with E-state index in [1.807, 2.05) is 12.1 Å². The number of nitrogens with one attached hydrogen (secondary N) is 1. The molecule has 0 saturated heterocycles. The van der Waals surface area contributed by atoms with E-state index in [9.17, 15) is 0 Å². The second-order valence-electron chi connectivity index (χ2n) is 5.65. The molecule has 0 amide bonds. The van der Waals surface area contributed by atoms with Crippen LogP contribution in [0.1, 0.15) is 38.2 Å². The molecule has 118 valence electrons. The third-order valence-electron chi connectivity index (χ3n) is 4.04. The fraction of sp³-hybridized carbons (Fsp3) is 0.647. The summed E-state index contributed by atoms with van der Waals surface area (Å²) in [6, 6.07) is 6.79. The molecule has 1 N–H and O–H groups in total. The van der Waals surface area contributed by atoms with Crippen molar-refractivity contribution in [2.45, 2.75) is 50.3 Å². The third-order valence-corrected chi connectivity index (χ3v) is 6.07. The Hall–Kier alpha value is -0.190. The number of halogens is 1. The number of methoxy groups -OCH3 is 1. The minimum absolute atomic E-state index is 0.517. The lowest BCUT2D eigenvalue weighted by molar-refractivity contribution is 0.406. The molecule has 1 aliphatic carbocycles. The van der Waals surface area contributed by atoms with Crippen LogP contribution >= 0.6 is 27.7 Å². The normalized spacial score (nSPS) is 17.1. The van der Waals surface area contributed by atoms with Gasteiger partial charge in [0.15, 0.2) is 0 Å². The minimum Gasteiger partial charge on any atom is -0.496 e. The molecule has 1 saturated carbocycles. The van der Waals surface area contributed by atoms with Crippen molar-refractivity contribution in [2.24, 2.45) is 0 Å². The van der Waals surface area contributed by atoms with E-state index >= 15 is 0 Å².